The molecule has 0 aromatic heterocycles. The van der Waals surface area contributed by atoms with Gasteiger partial charge in [0, 0.05) is 16.3 Å². The zero-order chi connectivity index (χ0) is 23.6. The number of amides is 1. The van der Waals surface area contributed by atoms with E-state index in [0.29, 0.717) is 17.0 Å². The maximum absolute atomic E-state index is 13.7. The highest BCUT2D eigenvalue weighted by Crippen LogP contribution is 2.20. The summed E-state index contributed by atoms with van der Waals surface area (Å²) in [6.07, 6.45) is 0.745. The van der Waals surface area contributed by atoms with Crippen LogP contribution < -0.4 is 4.72 Å². The van der Waals surface area contributed by atoms with Crippen LogP contribution in [0, 0.1) is 0 Å². The first-order chi connectivity index (χ1) is 15.1. The van der Waals surface area contributed by atoms with Crippen LogP contribution in [0.4, 0.5) is 10.5 Å². The summed E-state index contributed by atoms with van der Waals surface area (Å²) < 4.78 is 48.1. The lowest BCUT2D eigenvalue weighted by molar-refractivity contribution is 0.151. The number of carbonyl (C=O) groups is 1. The van der Waals surface area contributed by atoms with Crippen molar-refractivity contribution >= 4 is 43.9 Å². The highest BCUT2D eigenvalue weighted by atomic mass is 35.5. The van der Waals surface area contributed by atoms with E-state index in [2.05, 4.69) is 27.8 Å². The molecule has 0 aliphatic rings. The molecule has 1 unspecified atom stereocenters. The van der Waals surface area contributed by atoms with Crippen molar-refractivity contribution in [2.24, 2.45) is 4.36 Å². The molecule has 0 radical (unpaired) electrons. The van der Waals surface area contributed by atoms with Gasteiger partial charge in [-0.15, -0.1) is 16.8 Å². The molecule has 0 aliphatic carbocycles. The zero-order valence-electron chi connectivity index (χ0n) is 19.6. The Kier molecular flexibility index (Phi) is 14.0. The van der Waals surface area contributed by atoms with Gasteiger partial charge in [-0.1, -0.05) is 44.2 Å². The minimum absolute atomic E-state index is 0. The third-order valence-electron chi connectivity index (χ3n) is 4.74. The van der Waals surface area contributed by atoms with E-state index in [0.717, 1.165) is 31.5 Å². The molecule has 0 fully saturated rings. The number of hydrogen-bond donors (Lipinski definition) is 1. The van der Waals surface area contributed by atoms with E-state index in [9.17, 15) is 17.4 Å². The number of carbonyl (C=O) groups excluding carboxylic acids is 1. The van der Waals surface area contributed by atoms with Gasteiger partial charge in [0.2, 0.25) is 10.0 Å². The van der Waals surface area contributed by atoms with E-state index in [1.807, 2.05) is 30.3 Å². The maximum atomic E-state index is 13.7. The number of nitrogens with one attached hydrogen (secondary N) is 1. The van der Waals surface area contributed by atoms with Gasteiger partial charge in [-0.25, -0.2) is 17.4 Å². The summed E-state index contributed by atoms with van der Waals surface area (Å²) in [5.41, 5.74) is 1.15. The Labute approximate surface area is 208 Å². The predicted octanol–water partition coefficient (Wildman–Crippen LogP) is 3.55. The van der Waals surface area contributed by atoms with Crippen molar-refractivity contribution in [2.75, 3.05) is 36.4 Å². The first-order valence-corrected chi connectivity index (χ1v) is 14.0. The van der Waals surface area contributed by atoms with Crippen molar-refractivity contribution < 1.29 is 27.6 Å². The van der Waals surface area contributed by atoms with Gasteiger partial charge < -0.3 is 15.1 Å². The molecule has 12 heteroatoms. The molecule has 1 atom stereocenters. The molecule has 0 heterocycles. The number of nitrogens with zero attached hydrogens (tertiary/aromatic N) is 2. The molecule has 3 N–H and O–H groups in total. The summed E-state index contributed by atoms with van der Waals surface area (Å²) in [5, 5.41) is 0. The average Bonchev–Trinajstić information content (AvgIpc) is 2.75. The Morgan fingerprint density at radius 2 is 1.59 bits per heavy atom. The molecule has 2 aromatic carbocycles. The molecular weight excluding hydrogens is 502 g/mol. The molecule has 9 nitrogen and oxygen atoms in total. The number of hydrogen-bond acceptors (Lipinski definition) is 6. The standard InChI is InChI=1S/C22H31N3O5S2.ClH.H2O/c1-4-25(5-2)16-9-17-32(29,21-14-12-20(13-15-21)23-31(3,27)28)24-22(26)30-18-19-10-7-6-8-11-19;;/h6-8,10-15,23H,4-5,9,16-18H2,1-3H3;1H;1H2. The number of benzene rings is 2. The minimum atomic E-state index is -3.43. The fourth-order valence-electron chi connectivity index (χ4n) is 3.06. The van der Waals surface area contributed by atoms with E-state index < -0.39 is 25.8 Å². The van der Waals surface area contributed by atoms with Crippen molar-refractivity contribution in [2.45, 2.75) is 31.8 Å². The van der Waals surface area contributed by atoms with Crippen LogP contribution in [0.25, 0.3) is 0 Å². The molecule has 0 spiro atoms. The molecule has 2 aromatic rings. The lowest BCUT2D eigenvalue weighted by atomic mass is 10.2. The summed E-state index contributed by atoms with van der Waals surface area (Å²) >= 11 is 0. The van der Waals surface area contributed by atoms with E-state index in [1.165, 1.54) is 24.3 Å². The second-order valence-corrected chi connectivity index (χ2v) is 11.3. The second kappa shape index (κ2) is 14.9. The quantitative estimate of drug-likeness (QED) is 0.467. The van der Waals surface area contributed by atoms with Crippen LogP contribution in [0.5, 0.6) is 0 Å². The van der Waals surface area contributed by atoms with Crippen molar-refractivity contribution in [3.05, 3.63) is 60.2 Å². The highest BCUT2D eigenvalue weighted by molar-refractivity contribution is 7.94. The fraction of sp³-hybridized carbons (Fsp3) is 0.409. The maximum Gasteiger partial charge on any atom is 0.442 e. The van der Waals surface area contributed by atoms with Crippen molar-refractivity contribution in [3.8, 4) is 0 Å². The third-order valence-corrected chi connectivity index (χ3v) is 7.64. The van der Waals surface area contributed by atoms with Crippen LogP contribution in [-0.4, -0.2) is 60.7 Å². The molecule has 192 valence electrons. The summed E-state index contributed by atoms with van der Waals surface area (Å²) in [4.78, 5) is 15.0. The van der Waals surface area contributed by atoms with Crippen molar-refractivity contribution in [1.29, 1.82) is 0 Å². The normalized spacial score (nSPS) is 12.6. The van der Waals surface area contributed by atoms with E-state index in [-0.39, 0.29) is 30.2 Å². The van der Waals surface area contributed by atoms with E-state index in [4.69, 9.17) is 4.74 Å². The summed E-state index contributed by atoms with van der Waals surface area (Å²) in [6.45, 7) is 6.63. The lowest BCUT2D eigenvalue weighted by Gasteiger charge is -2.18. The Morgan fingerprint density at radius 1 is 1.00 bits per heavy atom. The summed E-state index contributed by atoms with van der Waals surface area (Å²) in [5.74, 6) is 0.183. The van der Waals surface area contributed by atoms with Gasteiger partial charge in [-0.05, 0) is 55.9 Å². The summed E-state index contributed by atoms with van der Waals surface area (Å²) in [6, 6.07) is 15.2. The Morgan fingerprint density at radius 3 is 2.12 bits per heavy atom. The SMILES string of the molecule is CCN(CC)CCCS(=O)(=NC(=O)OCc1ccccc1)c1ccc(NS(C)(=O)=O)cc1.Cl.O. The summed E-state index contributed by atoms with van der Waals surface area (Å²) in [7, 11) is -6.53. The Balaban J connectivity index is 0.00000544. The van der Waals surface area contributed by atoms with Gasteiger partial charge in [0.25, 0.3) is 0 Å². The van der Waals surface area contributed by atoms with Crippen molar-refractivity contribution in [1.82, 2.24) is 4.90 Å². The van der Waals surface area contributed by atoms with Gasteiger partial charge in [0.15, 0.2) is 0 Å². The molecular formula is C22H34ClN3O6S2. The van der Waals surface area contributed by atoms with Crippen LogP contribution in [0.2, 0.25) is 0 Å². The molecule has 34 heavy (non-hydrogen) atoms. The predicted molar refractivity (Wildman–Crippen MR) is 139 cm³/mol. The molecule has 1 amide bonds. The first-order valence-electron chi connectivity index (χ1n) is 10.4. The molecule has 2 rings (SSSR count). The largest absolute Gasteiger partial charge is 0.443 e. The number of ether oxygens (including phenoxy) is 1. The van der Waals surface area contributed by atoms with Crippen LogP contribution in [0.3, 0.4) is 0 Å². The topological polar surface area (TPSA) is 137 Å². The van der Waals surface area contributed by atoms with Crippen molar-refractivity contribution in [3.63, 3.8) is 0 Å². The van der Waals surface area contributed by atoms with Crippen LogP contribution in [0.15, 0.2) is 63.9 Å². The number of rotatable bonds is 11. The van der Waals surface area contributed by atoms with Gasteiger partial charge in [0.1, 0.15) is 6.61 Å². The first kappa shape index (κ1) is 31.8. The van der Waals surface area contributed by atoms with Gasteiger partial charge in [0.05, 0.1) is 16.0 Å². The minimum Gasteiger partial charge on any atom is -0.443 e. The second-order valence-electron chi connectivity index (χ2n) is 7.26. The monoisotopic (exact) mass is 535 g/mol. The van der Waals surface area contributed by atoms with Crippen LogP contribution in [-0.2, 0) is 31.1 Å². The van der Waals surface area contributed by atoms with Gasteiger partial charge in [-0.3, -0.25) is 4.72 Å². The Hall–Kier alpha value is -2.18. The fourth-order valence-corrected chi connectivity index (χ4v) is 5.43. The number of halogens is 1. The molecule has 0 bridgehead atoms. The highest BCUT2D eigenvalue weighted by Gasteiger charge is 2.17. The Bertz CT molecular complexity index is 1100. The smallest absolute Gasteiger partial charge is 0.442 e. The number of sulfonamides is 1. The molecule has 0 saturated carbocycles. The zero-order valence-corrected chi connectivity index (χ0v) is 22.0. The number of anilines is 1. The molecule has 0 aliphatic heterocycles. The van der Waals surface area contributed by atoms with Crippen LogP contribution in [0.1, 0.15) is 25.8 Å². The van der Waals surface area contributed by atoms with E-state index in [1.54, 1.807) is 0 Å². The lowest BCUT2D eigenvalue weighted by Crippen LogP contribution is -2.25. The van der Waals surface area contributed by atoms with Crippen LogP contribution >= 0.6 is 12.4 Å². The van der Waals surface area contributed by atoms with E-state index >= 15 is 0 Å². The third kappa shape index (κ3) is 10.8. The van der Waals surface area contributed by atoms with Gasteiger partial charge >= 0.3 is 6.09 Å². The molecule has 0 saturated heterocycles. The van der Waals surface area contributed by atoms with Gasteiger partial charge in [-0.2, -0.15) is 0 Å². The average molecular weight is 536 g/mol.